The Bertz CT molecular complexity index is 1190. The lowest BCUT2D eigenvalue weighted by Gasteiger charge is -2.10. The molecular formula is C23H18FN3O2S. The SMILES string of the molecule is [C-]#[N+]c1cc(F)cc(-c2ccc(C(=O)Nc3cc(C(=O)NC4CC4)ccc3C)s2)c1. The maximum Gasteiger partial charge on any atom is 0.265 e. The second kappa shape index (κ2) is 8.09. The number of nitrogens with zero attached hydrogens (tertiary/aromatic N) is 1. The Balaban J connectivity index is 1.53. The molecule has 2 N–H and O–H groups in total. The number of amides is 2. The summed E-state index contributed by atoms with van der Waals surface area (Å²) in [6.45, 7) is 8.93. The third kappa shape index (κ3) is 4.39. The van der Waals surface area contributed by atoms with Gasteiger partial charge in [-0.05, 0) is 73.4 Å². The molecule has 1 aromatic heterocycles. The number of carbonyl (C=O) groups is 2. The molecule has 2 amide bonds. The van der Waals surface area contributed by atoms with Crippen LogP contribution < -0.4 is 10.6 Å². The summed E-state index contributed by atoms with van der Waals surface area (Å²) in [5, 5.41) is 5.79. The highest BCUT2D eigenvalue weighted by atomic mass is 32.1. The molecule has 0 spiro atoms. The van der Waals surface area contributed by atoms with Crippen molar-refractivity contribution in [3.05, 3.63) is 81.8 Å². The average Bonchev–Trinajstić information content (AvgIpc) is 3.39. The van der Waals surface area contributed by atoms with E-state index in [1.54, 1.807) is 36.4 Å². The van der Waals surface area contributed by atoms with Crippen molar-refractivity contribution in [1.82, 2.24) is 5.32 Å². The summed E-state index contributed by atoms with van der Waals surface area (Å²) in [5.74, 6) is -0.946. The van der Waals surface area contributed by atoms with Crippen molar-refractivity contribution in [2.45, 2.75) is 25.8 Å². The molecule has 2 aromatic carbocycles. The predicted octanol–water partition coefficient (Wildman–Crippen LogP) is 5.56. The first-order valence-electron chi connectivity index (χ1n) is 9.44. The summed E-state index contributed by atoms with van der Waals surface area (Å²) in [5.41, 5.74) is 2.68. The summed E-state index contributed by atoms with van der Waals surface area (Å²) >= 11 is 1.21. The van der Waals surface area contributed by atoms with Crippen LogP contribution in [-0.4, -0.2) is 17.9 Å². The van der Waals surface area contributed by atoms with Crippen LogP contribution in [0.15, 0.2) is 48.5 Å². The summed E-state index contributed by atoms with van der Waals surface area (Å²) in [4.78, 5) is 29.4. The van der Waals surface area contributed by atoms with Crippen LogP contribution in [0.5, 0.6) is 0 Å². The third-order valence-corrected chi connectivity index (χ3v) is 5.92. The van der Waals surface area contributed by atoms with Crippen LogP contribution in [-0.2, 0) is 0 Å². The first kappa shape index (κ1) is 19.8. The standard InChI is InChI=1S/C23H18FN3O2S/c1-13-3-4-14(22(28)26-17-5-6-17)11-19(13)27-23(29)21-8-7-20(30-21)15-9-16(24)12-18(10-15)25-2/h3-4,7-12,17H,5-6H2,1H3,(H,26,28)(H,27,29). The Labute approximate surface area is 177 Å². The first-order chi connectivity index (χ1) is 14.4. The number of carbonyl (C=O) groups excluding carboxylic acids is 2. The minimum atomic E-state index is -0.491. The number of nitrogens with one attached hydrogen (secondary N) is 2. The van der Waals surface area contributed by atoms with Crippen molar-refractivity contribution in [3.63, 3.8) is 0 Å². The molecule has 1 saturated carbocycles. The van der Waals surface area contributed by atoms with E-state index in [1.165, 1.54) is 23.5 Å². The van der Waals surface area contributed by atoms with Gasteiger partial charge in [-0.1, -0.05) is 6.07 Å². The molecule has 30 heavy (non-hydrogen) atoms. The topological polar surface area (TPSA) is 62.6 Å². The van der Waals surface area contributed by atoms with Gasteiger partial charge in [-0.25, -0.2) is 9.24 Å². The zero-order valence-corrected chi connectivity index (χ0v) is 17.0. The predicted molar refractivity (Wildman–Crippen MR) is 116 cm³/mol. The van der Waals surface area contributed by atoms with E-state index in [0.29, 0.717) is 26.6 Å². The second-order valence-corrected chi connectivity index (χ2v) is 8.29. The maximum absolute atomic E-state index is 13.7. The molecule has 1 aliphatic carbocycles. The molecule has 1 aliphatic rings. The fourth-order valence-corrected chi connectivity index (χ4v) is 3.86. The molecule has 150 valence electrons. The minimum Gasteiger partial charge on any atom is -0.349 e. The quantitative estimate of drug-likeness (QED) is 0.532. The minimum absolute atomic E-state index is 0.145. The van der Waals surface area contributed by atoms with E-state index in [2.05, 4.69) is 15.5 Å². The van der Waals surface area contributed by atoms with Gasteiger partial charge in [0.25, 0.3) is 11.8 Å². The van der Waals surface area contributed by atoms with Gasteiger partial charge in [0, 0.05) is 22.2 Å². The molecule has 0 unspecified atom stereocenters. The number of benzene rings is 2. The number of thiophene rings is 1. The van der Waals surface area contributed by atoms with Gasteiger partial charge in [0.15, 0.2) is 5.69 Å². The van der Waals surface area contributed by atoms with E-state index in [9.17, 15) is 14.0 Å². The van der Waals surface area contributed by atoms with Crippen molar-refractivity contribution in [1.29, 1.82) is 0 Å². The lowest BCUT2D eigenvalue weighted by molar-refractivity contribution is 0.0949. The largest absolute Gasteiger partial charge is 0.349 e. The van der Waals surface area contributed by atoms with Crippen molar-refractivity contribution in [2.75, 3.05) is 5.32 Å². The van der Waals surface area contributed by atoms with E-state index in [1.807, 2.05) is 6.92 Å². The Kier molecular flexibility index (Phi) is 5.34. The molecule has 0 radical (unpaired) electrons. The van der Waals surface area contributed by atoms with Crippen molar-refractivity contribution >= 4 is 34.5 Å². The van der Waals surface area contributed by atoms with Gasteiger partial charge >= 0.3 is 0 Å². The number of anilines is 1. The summed E-state index contributed by atoms with van der Waals surface area (Å²) in [6, 6.07) is 13.0. The fourth-order valence-electron chi connectivity index (χ4n) is 2.97. The zero-order valence-electron chi connectivity index (χ0n) is 16.2. The van der Waals surface area contributed by atoms with E-state index in [-0.39, 0.29) is 23.5 Å². The van der Waals surface area contributed by atoms with Crippen LogP contribution in [0.2, 0.25) is 0 Å². The molecule has 7 heteroatoms. The van der Waals surface area contributed by atoms with Gasteiger partial charge in [-0.2, -0.15) is 0 Å². The Hall–Kier alpha value is -3.50. The number of hydrogen-bond donors (Lipinski definition) is 2. The normalized spacial score (nSPS) is 12.8. The van der Waals surface area contributed by atoms with Gasteiger partial charge in [0.05, 0.1) is 11.4 Å². The smallest absolute Gasteiger partial charge is 0.265 e. The van der Waals surface area contributed by atoms with E-state index in [0.717, 1.165) is 18.4 Å². The lowest BCUT2D eigenvalue weighted by Crippen LogP contribution is -2.25. The van der Waals surface area contributed by atoms with Crippen molar-refractivity contribution in [2.24, 2.45) is 0 Å². The lowest BCUT2D eigenvalue weighted by atomic mass is 10.1. The van der Waals surface area contributed by atoms with Gasteiger partial charge in [0.1, 0.15) is 5.82 Å². The molecule has 5 nitrogen and oxygen atoms in total. The molecule has 3 aromatic rings. The van der Waals surface area contributed by atoms with Gasteiger partial charge < -0.3 is 10.6 Å². The number of rotatable bonds is 5. The second-order valence-electron chi connectivity index (χ2n) is 7.21. The van der Waals surface area contributed by atoms with E-state index in [4.69, 9.17) is 6.57 Å². The van der Waals surface area contributed by atoms with Gasteiger partial charge in [0.2, 0.25) is 0 Å². The van der Waals surface area contributed by atoms with Crippen LogP contribution in [0.4, 0.5) is 15.8 Å². The zero-order chi connectivity index (χ0) is 21.3. The number of aryl methyl sites for hydroxylation is 1. The Morgan fingerprint density at radius 1 is 1.10 bits per heavy atom. The van der Waals surface area contributed by atoms with Crippen LogP contribution in [0.25, 0.3) is 15.3 Å². The Morgan fingerprint density at radius 3 is 2.63 bits per heavy atom. The van der Waals surface area contributed by atoms with Crippen molar-refractivity contribution < 1.29 is 14.0 Å². The summed E-state index contributed by atoms with van der Waals surface area (Å²) < 4.78 is 13.7. The highest BCUT2D eigenvalue weighted by molar-refractivity contribution is 7.17. The van der Waals surface area contributed by atoms with E-state index < -0.39 is 5.82 Å². The van der Waals surface area contributed by atoms with Gasteiger partial charge in [-0.3, -0.25) is 9.59 Å². The van der Waals surface area contributed by atoms with Gasteiger partial charge in [-0.15, -0.1) is 11.3 Å². The summed E-state index contributed by atoms with van der Waals surface area (Å²) in [6.07, 6.45) is 2.01. The molecule has 1 heterocycles. The molecule has 4 rings (SSSR count). The molecular weight excluding hydrogens is 401 g/mol. The first-order valence-corrected chi connectivity index (χ1v) is 10.3. The third-order valence-electron chi connectivity index (χ3n) is 4.79. The van der Waals surface area contributed by atoms with Crippen LogP contribution >= 0.6 is 11.3 Å². The van der Waals surface area contributed by atoms with Crippen molar-refractivity contribution in [3.8, 4) is 10.4 Å². The highest BCUT2D eigenvalue weighted by Gasteiger charge is 2.24. The summed E-state index contributed by atoms with van der Waals surface area (Å²) in [7, 11) is 0. The van der Waals surface area contributed by atoms with Crippen LogP contribution in [0, 0.1) is 19.3 Å². The molecule has 1 fully saturated rings. The van der Waals surface area contributed by atoms with Crippen LogP contribution in [0.1, 0.15) is 38.4 Å². The monoisotopic (exact) mass is 419 g/mol. The number of halogens is 1. The Morgan fingerprint density at radius 2 is 1.90 bits per heavy atom. The number of hydrogen-bond acceptors (Lipinski definition) is 3. The molecule has 0 saturated heterocycles. The maximum atomic E-state index is 13.7. The average molecular weight is 419 g/mol. The molecule has 0 atom stereocenters. The fraction of sp³-hybridized carbons (Fsp3) is 0.174. The molecule has 0 aliphatic heterocycles. The molecule has 0 bridgehead atoms. The van der Waals surface area contributed by atoms with Crippen LogP contribution in [0.3, 0.4) is 0 Å². The highest BCUT2D eigenvalue weighted by Crippen LogP contribution is 2.32. The van der Waals surface area contributed by atoms with E-state index >= 15 is 0 Å².